The average Bonchev–Trinajstić information content (AvgIpc) is 3.67. The summed E-state index contributed by atoms with van der Waals surface area (Å²) in [5, 5.41) is 4.85. The third-order valence-corrected chi connectivity index (χ3v) is 11.7. The minimum absolute atomic E-state index is 1.04. The molecule has 0 atom stereocenters. The Morgan fingerprint density at radius 1 is 0.226 bits per heavy atom. The molecular weight excluding hydrogens is 753 g/mol. The second-order valence-electron chi connectivity index (χ2n) is 15.5. The van der Waals surface area contributed by atoms with Gasteiger partial charge in [0, 0.05) is 67.6 Å². The van der Waals surface area contributed by atoms with Crippen LogP contribution in [0.2, 0.25) is 0 Å². The average molecular weight is 795 g/mol. The molecule has 4 heteroatoms. The molecular formula is C58H42N4. The van der Waals surface area contributed by atoms with Crippen molar-refractivity contribution < 1.29 is 0 Å². The van der Waals surface area contributed by atoms with Gasteiger partial charge < -0.3 is 19.3 Å². The van der Waals surface area contributed by atoms with Crippen LogP contribution in [0.5, 0.6) is 0 Å². The van der Waals surface area contributed by atoms with Crippen molar-refractivity contribution in [2.24, 2.45) is 0 Å². The fourth-order valence-corrected chi connectivity index (χ4v) is 8.88. The molecule has 0 amide bonds. The Kier molecular flexibility index (Phi) is 9.49. The Morgan fingerprint density at radius 2 is 0.613 bits per heavy atom. The topological polar surface area (TPSA) is 14.7 Å². The summed E-state index contributed by atoms with van der Waals surface area (Å²) in [7, 11) is 0. The first-order valence-corrected chi connectivity index (χ1v) is 21.1. The van der Waals surface area contributed by atoms with Crippen LogP contribution in [-0.2, 0) is 0 Å². The summed E-state index contributed by atoms with van der Waals surface area (Å²) in [5.41, 5.74) is 13.0. The maximum atomic E-state index is 2.40. The molecule has 0 aliphatic carbocycles. The van der Waals surface area contributed by atoms with E-state index in [2.05, 4.69) is 274 Å². The summed E-state index contributed by atoms with van der Waals surface area (Å²) in [5.74, 6) is 0. The van der Waals surface area contributed by atoms with Crippen molar-refractivity contribution >= 4 is 83.8 Å². The Morgan fingerprint density at radius 3 is 1.19 bits per heavy atom. The quantitative estimate of drug-likeness (QED) is 0.137. The number of fused-ring (bicyclic) bond motifs is 4. The van der Waals surface area contributed by atoms with E-state index in [1.165, 1.54) is 27.1 Å². The minimum Gasteiger partial charge on any atom is -0.310 e. The van der Waals surface area contributed by atoms with Gasteiger partial charge in [-0.3, -0.25) is 0 Å². The Balaban J connectivity index is 1.13. The predicted octanol–water partition coefficient (Wildman–Crippen LogP) is 16.3. The number of hydrogen-bond donors (Lipinski definition) is 0. The van der Waals surface area contributed by atoms with Gasteiger partial charge in [0.1, 0.15) is 0 Å². The van der Waals surface area contributed by atoms with Crippen LogP contribution in [0, 0.1) is 0 Å². The highest BCUT2D eigenvalue weighted by atomic mass is 15.2. The number of hydrogen-bond acceptors (Lipinski definition) is 3. The molecule has 0 unspecified atom stereocenters. The van der Waals surface area contributed by atoms with Gasteiger partial charge in [0.25, 0.3) is 0 Å². The maximum absolute atomic E-state index is 2.40. The zero-order valence-corrected chi connectivity index (χ0v) is 34.0. The van der Waals surface area contributed by atoms with E-state index >= 15 is 0 Å². The lowest BCUT2D eigenvalue weighted by atomic mass is 10.1. The van der Waals surface area contributed by atoms with Crippen molar-refractivity contribution in [2.45, 2.75) is 0 Å². The SMILES string of the molecule is c1ccc(N(c2ccccc2)c2cccc(N(c3cccc(N(c4ccccc4)c4ccc5ccccc5c4)c3)c3ccc4c5ccccc5n(-c5ccccc5)c4c3)c2)cc1. The van der Waals surface area contributed by atoms with Crippen LogP contribution in [0.4, 0.5) is 51.2 Å². The first-order valence-electron chi connectivity index (χ1n) is 21.1. The van der Waals surface area contributed by atoms with Gasteiger partial charge in [0.05, 0.1) is 11.0 Å². The monoisotopic (exact) mass is 794 g/mol. The van der Waals surface area contributed by atoms with Crippen molar-refractivity contribution in [2.75, 3.05) is 14.7 Å². The van der Waals surface area contributed by atoms with Crippen molar-refractivity contribution in [1.29, 1.82) is 0 Å². The zero-order chi connectivity index (χ0) is 41.2. The molecule has 0 saturated carbocycles. The number of nitrogens with zero attached hydrogens (tertiary/aromatic N) is 4. The lowest BCUT2D eigenvalue weighted by Gasteiger charge is -2.31. The molecule has 294 valence electrons. The van der Waals surface area contributed by atoms with Crippen LogP contribution in [-0.4, -0.2) is 4.57 Å². The number of para-hydroxylation sites is 5. The van der Waals surface area contributed by atoms with Crippen molar-refractivity contribution in [1.82, 2.24) is 4.57 Å². The molecule has 0 fully saturated rings. The lowest BCUT2D eigenvalue weighted by molar-refractivity contribution is 1.18. The maximum Gasteiger partial charge on any atom is 0.0561 e. The molecule has 10 aromatic carbocycles. The first kappa shape index (κ1) is 36.7. The van der Waals surface area contributed by atoms with Gasteiger partial charge in [-0.1, -0.05) is 140 Å². The second kappa shape index (κ2) is 16.0. The Hall–Kier alpha value is -8.34. The molecule has 0 saturated heterocycles. The van der Waals surface area contributed by atoms with E-state index in [1.54, 1.807) is 0 Å². The minimum atomic E-state index is 1.04. The molecule has 4 nitrogen and oxygen atoms in total. The molecule has 0 aliphatic rings. The molecule has 11 aromatic rings. The normalized spacial score (nSPS) is 11.2. The Labute approximate surface area is 362 Å². The highest BCUT2D eigenvalue weighted by molar-refractivity contribution is 6.10. The summed E-state index contributed by atoms with van der Waals surface area (Å²) in [6, 6.07) is 91.3. The molecule has 0 radical (unpaired) electrons. The highest BCUT2D eigenvalue weighted by Gasteiger charge is 2.21. The number of anilines is 9. The van der Waals surface area contributed by atoms with Gasteiger partial charge in [-0.05, 0) is 126 Å². The summed E-state index contributed by atoms with van der Waals surface area (Å²) in [6.45, 7) is 0. The fourth-order valence-electron chi connectivity index (χ4n) is 8.88. The van der Waals surface area contributed by atoms with Gasteiger partial charge >= 0.3 is 0 Å². The van der Waals surface area contributed by atoms with Crippen LogP contribution in [0.1, 0.15) is 0 Å². The lowest BCUT2D eigenvalue weighted by Crippen LogP contribution is -2.14. The van der Waals surface area contributed by atoms with Crippen molar-refractivity contribution in [3.05, 3.63) is 255 Å². The molecule has 0 bridgehead atoms. The predicted molar refractivity (Wildman–Crippen MR) is 262 cm³/mol. The molecule has 1 aromatic heterocycles. The standard InChI is InChI=1S/C58H42N4/c1-5-21-45(22-6-1)59(46-23-7-2-8-24-46)49-29-17-31-51(40-49)61(54-37-38-56-55-33-15-16-34-57(55)62(58(56)42-54)48-27-11-4-12-28-48)52-32-18-30-50(41-52)60(47-25-9-3-10-26-47)53-36-35-43-19-13-14-20-44(43)39-53/h1-42H. The van der Waals surface area contributed by atoms with Crippen LogP contribution >= 0.6 is 0 Å². The fraction of sp³-hybridized carbons (Fsp3) is 0. The molecule has 0 aliphatic heterocycles. The number of aromatic nitrogens is 1. The third-order valence-electron chi connectivity index (χ3n) is 11.7. The molecule has 11 rings (SSSR count). The molecule has 62 heavy (non-hydrogen) atoms. The second-order valence-corrected chi connectivity index (χ2v) is 15.5. The van der Waals surface area contributed by atoms with Gasteiger partial charge in [-0.2, -0.15) is 0 Å². The van der Waals surface area contributed by atoms with E-state index in [0.717, 1.165) is 62.4 Å². The van der Waals surface area contributed by atoms with E-state index in [-0.39, 0.29) is 0 Å². The Bertz CT molecular complexity index is 3270. The van der Waals surface area contributed by atoms with E-state index in [0.29, 0.717) is 0 Å². The van der Waals surface area contributed by atoms with Gasteiger partial charge in [-0.15, -0.1) is 0 Å². The molecule has 0 spiro atoms. The zero-order valence-electron chi connectivity index (χ0n) is 34.0. The highest BCUT2D eigenvalue weighted by Crippen LogP contribution is 2.45. The van der Waals surface area contributed by atoms with Gasteiger partial charge in [-0.25, -0.2) is 0 Å². The third kappa shape index (κ3) is 6.80. The number of benzene rings is 10. The first-order chi connectivity index (χ1) is 30.8. The summed E-state index contributed by atoms with van der Waals surface area (Å²) in [4.78, 5) is 7.08. The van der Waals surface area contributed by atoms with Crippen LogP contribution in [0.25, 0.3) is 38.3 Å². The smallest absolute Gasteiger partial charge is 0.0561 e. The summed E-state index contributed by atoms with van der Waals surface area (Å²) >= 11 is 0. The van der Waals surface area contributed by atoms with Crippen molar-refractivity contribution in [3.8, 4) is 5.69 Å². The molecule has 0 N–H and O–H groups in total. The van der Waals surface area contributed by atoms with E-state index in [9.17, 15) is 0 Å². The summed E-state index contributed by atoms with van der Waals surface area (Å²) in [6.07, 6.45) is 0. The van der Waals surface area contributed by atoms with E-state index in [4.69, 9.17) is 0 Å². The van der Waals surface area contributed by atoms with Crippen molar-refractivity contribution in [3.63, 3.8) is 0 Å². The largest absolute Gasteiger partial charge is 0.310 e. The van der Waals surface area contributed by atoms with Gasteiger partial charge in [0.15, 0.2) is 0 Å². The van der Waals surface area contributed by atoms with Crippen LogP contribution < -0.4 is 14.7 Å². The number of rotatable bonds is 10. The van der Waals surface area contributed by atoms with E-state index < -0.39 is 0 Å². The van der Waals surface area contributed by atoms with Crippen LogP contribution in [0.3, 0.4) is 0 Å². The van der Waals surface area contributed by atoms with Gasteiger partial charge in [0.2, 0.25) is 0 Å². The summed E-state index contributed by atoms with van der Waals surface area (Å²) < 4.78 is 2.39. The van der Waals surface area contributed by atoms with E-state index in [1.807, 2.05) is 0 Å². The molecule has 1 heterocycles. The van der Waals surface area contributed by atoms with Crippen LogP contribution in [0.15, 0.2) is 255 Å².